The van der Waals surface area contributed by atoms with Crippen molar-refractivity contribution in [3.8, 4) is 0 Å². The maximum Gasteiger partial charge on any atom is 0.160 e. The first kappa shape index (κ1) is 15.2. The molecule has 6 rings (SSSR count). The Hall–Kier alpha value is -3.92. The zero-order valence-electron chi connectivity index (χ0n) is 15.0. The van der Waals surface area contributed by atoms with Gasteiger partial charge in [-0.3, -0.25) is 0 Å². The number of furan rings is 1. The second-order valence-electron chi connectivity index (χ2n) is 7.23. The molecule has 0 aliphatic heterocycles. The summed E-state index contributed by atoms with van der Waals surface area (Å²) >= 11 is 0. The largest absolute Gasteiger partial charge is 0.453 e. The molecule has 0 amide bonds. The van der Waals surface area contributed by atoms with E-state index in [9.17, 15) is 0 Å². The summed E-state index contributed by atoms with van der Waals surface area (Å²) in [6.45, 7) is 0. The highest BCUT2D eigenvalue weighted by atomic mass is 16.3. The van der Waals surface area contributed by atoms with E-state index in [-0.39, 0.29) is 0 Å². The fraction of sp³-hybridized carbons (Fsp3) is 0. The van der Waals surface area contributed by atoms with E-state index < -0.39 is 0 Å². The van der Waals surface area contributed by atoms with Gasteiger partial charge < -0.3 is 21.6 Å². The molecule has 0 bridgehead atoms. The van der Waals surface area contributed by atoms with Gasteiger partial charge in [0.2, 0.25) is 0 Å². The summed E-state index contributed by atoms with van der Waals surface area (Å²) in [5.74, 6) is 0. The van der Waals surface area contributed by atoms with Gasteiger partial charge in [-0.05, 0) is 39.1 Å². The highest BCUT2D eigenvalue weighted by Crippen LogP contribution is 2.44. The maximum absolute atomic E-state index is 6.33. The minimum atomic E-state index is 0.367. The first-order chi connectivity index (χ1) is 13.6. The maximum atomic E-state index is 6.33. The highest BCUT2D eigenvalue weighted by Gasteiger charge is 2.18. The number of anilines is 3. The van der Waals surface area contributed by atoms with Crippen LogP contribution in [0.2, 0.25) is 0 Å². The second-order valence-corrected chi connectivity index (χ2v) is 7.23. The van der Waals surface area contributed by atoms with Crippen LogP contribution >= 0.6 is 0 Å². The number of hydrogen-bond donors (Lipinski definition) is 3. The fourth-order valence-electron chi connectivity index (χ4n) is 4.42. The van der Waals surface area contributed by atoms with Gasteiger partial charge in [-0.25, -0.2) is 0 Å². The van der Waals surface area contributed by atoms with Gasteiger partial charge in [0, 0.05) is 16.2 Å². The van der Waals surface area contributed by atoms with E-state index in [2.05, 4.69) is 60.7 Å². The van der Waals surface area contributed by atoms with Gasteiger partial charge >= 0.3 is 0 Å². The van der Waals surface area contributed by atoms with Crippen LogP contribution in [0.15, 0.2) is 71.1 Å². The molecular formula is C24H17N3O. The predicted octanol–water partition coefficient (Wildman–Crippen LogP) is 5.79. The third-order valence-electron chi connectivity index (χ3n) is 5.75. The number of rotatable bonds is 0. The van der Waals surface area contributed by atoms with E-state index >= 15 is 0 Å². The molecule has 4 nitrogen and oxygen atoms in total. The Kier molecular flexibility index (Phi) is 2.75. The Balaban J connectivity index is 1.97. The summed E-state index contributed by atoms with van der Waals surface area (Å²) < 4.78 is 6.33. The van der Waals surface area contributed by atoms with Crippen molar-refractivity contribution in [3.63, 3.8) is 0 Å². The molecule has 4 heteroatoms. The van der Waals surface area contributed by atoms with Crippen molar-refractivity contribution >= 4 is 71.3 Å². The normalized spacial score (nSPS) is 12.0. The van der Waals surface area contributed by atoms with Crippen molar-refractivity contribution in [2.45, 2.75) is 0 Å². The molecule has 0 unspecified atom stereocenters. The summed E-state index contributed by atoms with van der Waals surface area (Å²) in [6, 6.07) is 23.0. The SMILES string of the molecule is Nc1cc2c(oc3c2ccc2c4ccccc4c4ccccc4c23)c(N)c1N. The van der Waals surface area contributed by atoms with Crippen molar-refractivity contribution in [2.24, 2.45) is 0 Å². The lowest BCUT2D eigenvalue weighted by Crippen LogP contribution is -1.99. The Labute approximate surface area is 160 Å². The van der Waals surface area contributed by atoms with Crippen LogP contribution in [-0.4, -0.2) is 0 Å². The van der Waals surface area contributed by atoms with Crippen molar-refractivity contribution in [3.05, 3.63) is 66.7 Å². The molecular weight excluding hydrogens is 346 g/mol. The van der Waals surface area contributed by atoms with Gasteiger partial charge in [-0.1, -0.05) is 54.6 Å². The minimum absolute atomic E-state index is 0.367. The van der Waals surface area contributed by atoms with E-state index in [1.165, 1.54) is 16.2 Å². The molecule has 0 aliphatic rings. The lowest BCUT2D eigenvalue weighted by Gasteiger charge is -2.10. The molecule has 0 saturated carbocycles. The molecule has 0 aliphatic carbocycles. The summed E-state index contributed by atoms with van der Waals surface area (Å²) in [4.78, 5) is 0. The molecule has 0 fully saturated rings. The van der Waals surface area contributed by atoms with Crippen LogP contribution in [-0.2, 0) is 0 Å². The minimum Gasteiger partial charge on any atom is -0.453 e. The van der Waals surface area contributed by atoms with Gasteiger partial charge in [0.1, 0.15) is 11.3 Å². The Morgan fingerprint density at radius 1 is 0.500 bits per heavy atom. The lowest BCUT2D eigenvalue weighted by atomic mass is 9.93. The smallest absolute Gasteiger partial charge is 0.160 e. The van der Waals surface area contributed by atoms with Crippen LogP contribution in [0.1, 0.15) is 0 Å². The molecule has 0 spiro atoms. The van der Waals surface area contributed by atoms with Gasteiger partial charge in [-0.15, -0.1) is 0 Å². The monoisotopic (exact) mass is 363 g/mol. The number of benzene rings is 5. The first-order valence-corrected chi connectivity index (χ1v) is 9.17. The number of nitrogens with two attached hydrogens (primary N) is 3. The number of fused-ring (bicyclic) bond motifs is 10. The summed E-state index contributed by atoms with van der Waals surface area (Å²) in [5.41, 5.74) is 21.0. The molecule has 0 radical (unpaired) electrons. The average molecular weight is 363 g/mol. The molecule has 134 valence electrons. The second kappa shape index (κ2) is 5.08. The topological polar surface area (TPSA) is 91.2 Å². The zero-order chi connectivity index (χ0) is 19.0. The Morgan fingerprint density at radius 3 is 1.71 bits per heavy atom. The van der Waals surface area contributed by atoms with Crippen LogP contribution in [0.25, 0.3) is 54.3 Å². The predicted molar refractivity (Wildman–Crippen MR) is 119 cm³/mol. The molecule has 0 saturated heterocycles. The zero-order valence-corrected chi connectivity index (χ0v) is 15.0. The van der Waals surface area contributed by atoms with Crippen molar-refractivity contribution < 1.29 is 4.42 Å². The van der Waals surface area contributed by atoms with Crippen LogP contribution in [0.4, 0.5) is 17.1 Å². The first-order valence-electron chi connectivity index (χ1n) is 9.17. The summed E-state index contributed by atoms with van der Waals surface area (Å²) in [7, 11) is 0. The molecule has 6 aromatic rings. The fourth-order valence-corrected chi connectivity index (χ4v) is 4.42. The van der Waals surface area contributed by atoms with Crippen molar-refractivity contribution in [1.82, 2.24) is 0 Å². The highest BCUT2D eigenvalue weighted by molar-refractivity contribution is 6.32. The lowest BCUT2D eigenvalue weighted by molar-refractivity contribution is 0.674. The van der Waals surface area contributed by atoms with Gasteiger partial charge in [0.05, 0.1) is 11.4 Å². The number of hydrogen-bond acceptors (Lipinski definition) is 4. The Morgan fingerprint density at radius 2 is 1.04 bits per heavy atom. The molecule has 6 N–H and O–H groups in total. The van der Waals surface area contributed by atoms with Crippen LogP contribution < -0.4 is 17.2 Å². The van der Waals surface area contributed by atoms with E-state index in [1.54, 1.807) is 0 Å². The summed E-state index contributed by atoms with van der Waals surface area (Å²) in [5, 5.41) is 8.89. The molecule has 0 atom stereocenters. The van der Waals surface area contributed by atoms with Crippen LogP contribution in [0, 0.1) is 0 Å². The van der Waals surface area contributed by atoms with E-state index in [0.717, 1.165) is 32.5 Å². The number of nitrogen functional groups attached to an aromatic ring is 3. The van der Waals surface area contributed by atoms with Crippen LogP contribution in [0.5, 0.6) is 0 Å². The van der Waals surface area contributed by atoms with Crippen molar-refractivity contribution in [2.75, 3.05) is 17.2 Å². The third kappa shape index (κ3) is 1.74. The van der Waals surface area contributed by atoms with Gasteiger partial charge in [-0.2, -0.15) is 0 Å². The van der Waals surface area contributed by atoms with E-state index in [0.29, 0.717) is 22.6 Å². The molecule has 28 heavy (non-hydrogen) atoms. The van der Waals surface area contributed by atoms with Crippen molar-refractivity contribution in [1.29, 1.82) is 0 Å². The molecule has 1 aromatic heterocycles. The van der Waals surface area contributed by atoms with E-state index in [1.807, 2.05) is 6.07 Å². The van der Waals surface area contributed by atoms with Gasteiger partial charge in [0.15, 0.2) is 5.58 Å². The third-order valence-corrected chi connectivity index (χ3v) is 5.75. The van der Waals surface area contributed by atoms with Gasteiger partial charge in [0.25, 0.3) is 0 Å². The standard InChI is InChI=1S/C24H17N3O/c25-19-11-18-17-10-9-16-14-7-2-1-5-12(14)13-6-3-4-8-15(13)20(16)23(17)28-24(18)22(27)21(19)26/h1-11H,25-27H2. The Bertz CT molecular complexity index is 1560. The summed E-state index contributed by atoms with van der Waals surface area (Å²) in [6.07, 6.45) is 0. The van der Waals surface area contributed by atoms with E-state index in [4.69, 9.17) is 21.6 Å². The van der Waals surface area contributed by atoms with Crippen LogP contribution in [0.3, 0.4) is 0 Å². The molecule has 5 aromatic carbocycles. The molecule has 1 heterocycles. The quantitative estimate of drug-likeness (QED) is 0.235. The average Bonchev–Trinajstić information content (AvgIpc) is 3.10.